The van der Waals surface area contributed by atoms with Gasteiger partial charge in [0.25, 0.3) is 0 Å². The molecule has 9 nitrogen and oxygen atoms in total. The molecule has 0 saturated carbocycles. The number of nitrogens with zero attached hydrogens (tertiary/aromatic N) is 1. The monoisotopic (exact) mass is 531 g/mol. The molecule has 0 unspecified atom stereocenters. The van der Waals surface area contributed by atoms with Crippen LogP contribution in [0.2, 0.25) is 0 Å². The van der Waals surface area contributed by atoms with E-state index in [2.05, 4.69) is 24.3 Å². The van der Waals surface area contributed by atoms with Crippen molar-refractivity contribution in [3.8, 4) is 0 Å². The number of H-pyrrole nitrogens is 2. The molecule has 36 heavy (non-hydrogen) atoms. The quantitative estimate of drug-likeness (QED) is 0.236. The molecule has 0 atom stereocenters. The molecule has 0 fully saturated rings. The van der Waals surface area contributed by atoms with Crippen LogP contribution >= 0.6 is 0 Å². The van der Waals surface area contributed by atoms with Gasteiger partial charge in [0.15, 0.2) is 0 Å². The number of hydrogen-bond acceptors (Lipinski definition) is 5. The summed E-state index contributed by atoms with van der Waals surface area (Å²) in [7, 11) is 0.144. The molecule has 0 spiro atoms. The lowest BCUT2D eigenvalue weighted by Gasteiger charge is -2.11. The molecule has 4 N–H and O–H groups in total. The minimum absolute atomic E-state index is 0.0756. The van der Waals surface area contributed by atoms with Crippen LogP contribution in [0.25, 0.3) is 21.8 Å². The normalized spacial score (nSPS) is 12.8. The summed E-state index contributed by atoms with van der Waals surface area (Å²) in [6.07, 6.45) is 3.40. The summed E-state index contributed by atoms with van der Waals surface area (Å²) < 4.78 is 53.1. The van der Waals surface area contributed by atoms with Crippen LogP contribution in [0.4, 0.5) is 0 Å². The number of nitrogens with one attached hydrogen (secondary N) is 4. The second kappa shape index (κ2) is 10.3. The fourth-order valence-electron chi connectivity index (χ4n) is 4.45. The molecule has 11 heteroatoms. The average Bonchev–Trinajstić information content (AvgIpc) is 3.37. The molecule has 4 aromatic rings. The lowest BCUT2D eigenvalue weighted by Crippen LogP contribution is -2.20. The van der Waals surface area contributed by atoms with Crippen molar-refractivity contribution >= 4 is 41.9 Å². The molecule has 2 heterocycles. The molecule has 194 valence electrons. The molecular formula is C25H33N5O4S2. The van der Waals surface area contributed by atoms with Gasteiger partial charge in [0.1, 0.15) is 0 Å². The van der Waals surface area contributed by atoms with Gasteiger partial charge in [-0.25, -0.2) is 26.3 Å². The summed E-state index contributed by atoms with van der Waals surface area (Å²) in [5, 5.41) is 2.01. The van der Waals surface area contributed by atoms with E-state index in [4.69, 9.17) is 0 Å². The molecule has 0 aliphatic carbocycles. The Balaban J connectivity index is 1.74. The topological polar surface area (TPSA) is 127 Å². The van der Waals surface area contributed by atoms with E-state index in [0.717, 1.165) is 62.7 Å². The van der Waals surface area contributed by atoms with Crippen molar-refractivity contribution in [1.82, 2.24) is 24.3 Å². The summed E-state index contributed by atoms with van der Waals surface area (Å²) in [6, 6.07) is 11.4. The van der Waals surface area contributed by atoms with Crippen LogP contribution in [0.15, 0.2) is 42.6 Å². The Hall–Kier alpha value is -2.70. The van der Waals surface area contributed by atoms with Gasteiger partial charge >= 0.3 is 0 Å². The van der Waals surface area contributed by atoms with Gasteiger partial charge in [0.2, 0.25) is 20.0 Å². The maximum absolute atomic E-state index is 12.1. The third-order valence-electron chi connectivity index (χ3n) is 6.40. The summed E-state index contributed by atoms with van der Waals surface area (Å²) >= 11 is 0. The third-order valence-corrected chi connectivity index (χ3v) is 9.07. The number of likely N-dealkylation sites (N-methyl/N-ethyl adjacent to an activating group) is 1. The van der Waals surface area contributed by atoms with Crippen molar-refractivity contribution in [3.05, 3.63) is 70.5 Å². The molecule has 2 aromatic heterocycles. The molecule has 0 saturated heterocycles. The first-order valence-electron chi connectivity index (χ1n) is 11.7. The lowest BCUT2D eigenvalue weighted by atomic mass is 10.0. The first kappa shape index (κ1) is 26.4. The van der Waals surface area contributed by atoms with Gasteiger partial charge in [-0.3, -0.25) is 0 Å². The molecule has 0 aliphatic heterocycles. The number of aromatic nitrogens is 2. The van der Waals surface area contributed by atoms with E-state index in [0.29, 0.717) is 6.42 Å². The second-order valence-electron chi connectivity index (χ2n) is 9.31. The van der Waals surface area contributed by atoms with E-state index in [-0.39, 0.29) is 11.5 Å². The van der Waals surface area contributed by atoms with Crippen molar-refractivity contribution in [1.29, 1.82) is 0 Å². The van der Waals surface area contributed by atoms with Crippen LogP contribution < -0.4 is 9.44 Å². The maximum atomic E-state index is 12.1. The summed E-state index contributed by atoms with van der Waals surface area (Å²) in [5.74, 6) is -0.156. The number of aromatic amines is 2. The van der Waals surface area contributed by atoms with Crippen molar-refractivity contribution in [2.24, 2.45) is 0 Å². The zero-order valence-electron chi connectivity index (χ0n) is 21.0. The number of sulfonamides is 2. The van der Waals surface area contributed by atoms with Crippen LogP contribution in [0.5, 0.6) is 0 Å². The summed E-state index contributed by atoms with van der Waals surface area (Å²) in [4.78, 5) is 8.97. The van der Waals surface area contributed by atoms with E-state index in [1.165, 1.54) is 14.1 Å². The number of benzene rings is 2. The Morgan fingerprint density at radius 1 is 0.833 bits per heavy atom. The van der Waals surface area contributed by atoms with Crippen LogP contribution in [-0.4, -0.2) is 66.4 Å². The van der Waals surface area contributed by atoms with Gasteiger partial charge in [-0.15, -0.1) is 0 Å². The van der Waals surface area contributed by atoms with E-state index in [1.807, 2.05) is 56.7 Å². The van der Waals surface area contributed by atoms with Crippen LogP contribution in [-0.2, 0) is 44.4 Å². The maximum Gasteiger partial charge on any atom is 0.215 e. The van der Waals surface area contributed by atoms with E-state index in [9.17, 15) is 16.8 Å². The second-order valence-corrected chi connectivity index (χ2v) is 13.2. The summed E-state index contributed by atoms with van der Waals surface area (Å²) in [5.41, 5.74) is 6.64. The smallest absolute Gasteiger partial charge is 0.215 e. The lowest BCUT2D eigenvalue weighted by molar-refractivity contribution is 0.414. The van der Waals surface area contributed by atoms with Gasteiger partial charge in [0, 0.05) is 46.7 Å². The highest BCUT2D eigenvalue weighted by molar-refractivity contribution is 7.88. The first-order valence-corrected chi connectivity index (χ1v) is 15.0. The molecule has 0 bridgehead atoms. The SMILES string of the molecule is CNS(=O)(=O)Cc1ccc2[nH]cc(Cc3[nH]c4ccc(CS(=O)(=O)NC)cc4c3CCN(C)C)c2c1. The predicted octanol–water partition coefficient (Wildman–Crippen LogP) is 2.44. The van der Waals surface area contributed by atoms with Gasteiger partial charge in [0.05, 0.1) is 11.5 Å². The standard InChI is InChI=1S/C25H33N5O4S2/c1-26-35(31,32)15-17-5-7-23-21(11-17)19(14-28-23)13-25-20(9-10-30(3)4)22-12-18(6-8-24(22)29-25)16-36(33,34)27-2/h5-8,11-12,14,26-29H,9-10,13,15-16H2,1-4H3. The van der Waals surface area contributed by atoms with Crippen LogP contribution in [0.1, 0.15) is 27.9 Å². The summed E-state index contributed by atoms with van der Waals surface area (Å²) in [6.45, 7) is 0.846. The van der Waals surface area contributed by atoms with Gasteiger partial charge in [-0.05, 0) is 81.1 Å². The molecule has 0 radical (unpaired) electrons. The molecule has 0 aliphatic rings. The highest BCUT2D eigenvalue weighted by Crippen LogP contribution is 2.29. The van der Waals surface area contributed by atoms with E-state index >= 15 is 0 Å². The van der Waals surface area contributed by atoms with Crippen molar-refractivity contribution in [3.63, 3.8) is 0 Å². The first-order chi connectivity index (χ1) is 17.0. The van der Waals surface area contributed by atoms with Crippen LogP contribution in [0, 0.1) is 0 Å². The van der Waals surface area contributed by atoms with E-state index in [1.54, 1.807) is 0 Å². The Morgan fingerprint density at radius 2 is 1.42 bits per heavy atom. The van der Waals surface area contributed by atoms with Crippen molar-refractivity contribution < 1.29 is 16.8 Å². The largest absolute Gasteiger partial charge is 0.361 e. The minimum atomic E-state index is -3.38. The predicted molar refractivity (Wildman–Crippen MR) is 145 cm³/mol. The molecule has 2 aromatic carbocycles. The zero-order valence-corrected chi connectivity index (χ0v) is 22.6. The van der Waals surface area contributed by atoms with Crippen LogP contribution in [0.3, 0.4) is 0 Å². The Labute approximate surface area is 212 Å². The Kier molecular flexibility index (Phi) is 7.58. The van der Waals surface area contributed by atoms with Crippen molar-refractivity contribution in [2.45, 2.75) is 24.3 Å². The number of fused-ring (bicyclic) bond motifs is 2. The van der Waals surface area contributed by atoms with E-state index < -0.39 is 20.0 Å². The zero-order chi connectivity index (χ0) is 26.1. The Morgan fingerprint density at radius 3 is 2.00 bits per heavy atom. The van der Waals surface area contributed by atoms with Gasteiger partial charge in [-0.2, -0.15) is 0 Å². The van der Waals surface area contributed by atoms with Gasteiger partial charge in [-0.1, -0.05) is 12.1 Å². The highest BCUT2D eigenvalue weighted by Gasteiger charge is 2.17. The minimum Gasteiger partial charge on any atom is -0.361 e. The van der Waals surface area contributed by atoms with Crippen molar-refractivity contribution in [2.75, 3.05) is 34.7 Å². The molecule has 4 rings (SSSR count). The Bertz CT molecular complexity index is 1600. The number of rotatable bonds is 11. The fraction of sp³-hybridized carbons (Fsp3) is 0.360. The highest BCUT2D eigenvalue weighted by atomic mass is 32.2. The molecular weight excluding hydrogens is 498 g/mol. The fourth-order valence-corrected chi connectivity index (χ4v) is 5.97. The third kappa shape index (κ3) is 5.98. The average molecular weight is 532 g/mol. The van der Waals surface area contributed by atoms with Gasteiger partial charge < -0.3 is 14.9 Å². The molecule has 0 amide bonds. The number of hydrogen-bond donors (Lipinski definition) is 4.